The van der Waals surface area contributed by atoms with E-state index in [4.69, 9.17) is 10.7 Å². The third kappa shape index (κ3) is 4.72. The van der Waals surface area contributed by atoms with Gasteiger partial charge in [-0.2, -0.15) is 0 Å². The molecule has 2 heterocycles. The van der Waals surface area contributed by atoms with E-state index in [0.717, 1.165) is 53.5 Å². The summed E-state index contributed by atoms with van der Waals surface area (Å²) in [7, 11) is 0. The van der Waals surface area contributed by atoms with E-state index in [0.29, 0.717) is 5.92 Å². The van der Waals surface area contributed by atoms with Crippen LogP contribution in [0.1, 0.15) is 63.8 Å². The Morgan fingerprint density at radius 1 is 1.11 bits per heavy atom. The van der Waals surface area contributed by atoms with Crippen LogP contribution in [0.25, 0.3) is 22.0 Å². The van der Waals surface area contributed by atoms with Crippen LogP contribution in [0.3, 0.4) is 0 Å². The van der Waals surface area contributed by atoms with Gasteiger partial charge in [-0.15, -0.1) is 0 Å². The molecule has 5 heteroatoms. The molecular weight excluding hydrogens is 346 g/mol. The summed E-state index contributed by atoms with van der Waals surface area (Å²) in [5, 5.41) is 1.06. The van der Waals surface area contributed by atoms with Crippen molar-refractivity contribution in [1.82, 2.24) is 21.1 Å². The molecule has 0 aliphatic rings. The van der Waals surface area contributed by atoms with Gasteiger partial charge < -0.3 is 11.9 Å². The summed E-state index contributed by atoms with van der Waals surface area (Å²) in [5.41, 5.74) is 10.9. The van der Waals surface area contributed by atoms with Crippen LogP contribution >= 0.6 is 0 Å². The fraction of sp³-hybridized carbons (Fsp3) is 0.435. The molecule has 0 spiro atoms. The summed E-state index contributed by atoms with van der Waals surface area (Å²) in [6.07, 6.45) is 9.70. The average Bonchev–Trinajstić information content (AvgIpc) is 2.71. The SMILES string of the molecule is CCC(N)(CC)CCC(C)c1ncc2cc(-c3cnccc3C)ccc2n1.N. The second-order valence-electron chi connectivity index (χ2n) is 7.70. The highest BCUT2D eigenvalue weighted by Gasteiger charge is 2.22. The minimum absolute atomic E-state index is 0. The maximum absolute atomic E-state index is 6.45. The summed E-state index contributed by atoms with van der Waals surface area (Å²) in [6, 6.07) is 8.38. The number of aryl methyl sites for hydroxylation is 1. The first-order valence-electron chi connectivity index (χ1n) is 9.92. The zero-order chi connectivity index (χ0) is 19.4. The number of benzene rings is 1. The highest BCUT2D eigenvalue weighted by Crippen LogP contribution is 2.28. The highest BCUT2D eigenvalue weighted by atomic mass is 14.9. The van der Waals surface area contributed by atoms with Crippen molar-refractivity contribution in [3.05, 3.63) is 54.2 Å². The van der Waals surface area contributed by atoms with Gasteiger partial charge in [0.05, 0.1) is 5.52 Å². The van der Waals surface area contributed by atoms with Gasteiger partial charge in [0.15, 0.2) is 0 Å². The van der Waals surface area contributed by atoms with Crippen LogP contribution in [0.15, 0.2) is 42.9 Å². The van der Waals surface area contributed by atoms with Crippen molar-refractivity contribution in [2.24, 2.45) is 5.73 Å². The van der Waals surface area contributed by atoms with E-state index in [-0.39, 0.29) is 11.7 Å². The van der Waals surface area contributed by atoms with Gasteiger partial charge in [-0.3, -0.25) is 4.98 Å². The fourth-order valence-electron chi connectivity index (χ4n) is 3.46. The van der Waals surface area contributed by atoms with E-state index in [1.165, 1.54) is 5.56 Å². The van der Waals surface area contributed by atoms with E-state index >= 15 is 0 Å². The highest BCUT2D eigenvalue weighted by molar-refractivity contribution is 5.84. The Bertz CT molecular complexity index is 918. The molecule has 3 rings (SSSR count). The molecule has 0 saturated carbocycles. The standard InChI is InChI=1S/C23H30N4.H3N/c1-5-23(24,6-2)11-9-17(4)22-26-14-19-13-18(7-8-21(19)27-22)20-15-25-12-10-16(20)3;/h7-8,10,12-15,17H,5-6,9,11,24H2,1-4H3;1H3. The first-order valence-corrected chi connectivity index (χ1v) is 9.92. The molecule has 2 aromatic heterocycles. The third-order valence-corrected chi connectivity index (χ3v) is 5.87. The summed E-state index contributed by atoms with van der Waals surface area (Å²) < 4.78 is 0. The molecule has 3 aromatic rings. The second-order valence-corrected chi connectivity index (χ2v) is 7.70. The predicted octanol–water partition coefficient (Wildman–Crippen LogP) is 5.56. The molecule has 1 unspecified atom stereocenters. The molecule has 0 radical (unpaired) electrons. The molecule has 1 aromatic carbocycles. The second kappa shape index (κ2) is 9.22. The Kier molecular flexibility index (Phi) is 7.22. The maximum atomic E-state index is 6.45. The van der Waals surface area contributed by atoms with Crippen molar-refractivity contribution < 1.29 is 0 Å². The summed E-state index contributed by atoms with van der Waals surface area (Å²) >= 11 is 0. The van der Waals surface area contributed by atoms with Crippen molar-refractivity contribution in [3.63, 3.8) is 0 Å². The summed E-state index contributed by atoms with van der Waals surface area (Å²) in [6.45, 7) is 8.64. The van der Waals surface area contributed by atoms with Gasteiger partial charge in [0, 0.05) is 41.0 Å². The number of rotatable bonds is 7. The molecular formula is C23H33N5. The van der Waals surface area contributed by atoms with E-state index < -0.39 is 0 Å². The molecule has 5 nitrogen and oxygen atoms in total. The Morgan fingerprint density at radius 2 is 1.86 bits per heavy atom. The minimum atomic E-state index is -0.0679. The van der Waals surface area contributed by atoms with Crippen LogP contribution in [-0.4, -0.2) is 20.5 Å². The molecule has 0 fully saturated rings. The number of hydrogen-bond donors (Lipinski definition) is 2. The molecule has 0 amide bonds. The van der Waals surface area contributed by atoms with Gasteiger partial charge >= 0.3 is 0 Å². The number of nitrogens with zero attached hydrogens (tertiary/aromatic N) is 3. The van der Waals surface area contributed by atoms with Gasteiger partial charge in [-0.25, -0.2) is 9.97 Å². The predicted molar refractivity (Wildman–Crippen MR) is 118 cm³/mol. The van der Waals surface area contributed by atoms with Crippen molar-refractivity contribution in [3.8, 4) is 11.1 Å². The minimum Gasteiger partial charge on any atom is -0.344 e. The molecule has 0 aliphatic heterocycles. The van der Waals surface area contributed by atoms with Crippen LogP contribution in [0.4, 0.5) is 0 Å². The first kappa shape index (κ1) is 21.9. The number of pyridine rings is 1. The molecule has 150 valence electrons. The lowest BCUT2D eigenvalue weighted by molar-refractivity contribution is 0.345. The smallest absolute Gasteiger partial charge is 0.131 e. The van der Waals surface area contributed by atoms with Gasteiger partial charge in [0.2, 0.25) is 0 Å². The normalized spacial score (nSPS) is 12.6. The summed E-state index contributed by atoms with van der Waals surface area (Å²) in [4.78, 5) is 13.7. The van der Waals surface area contributed by atoms with E-state index in [9.17, 15) is 0 Å². The van der Waals surface area contributed by atoms with Gasteiger partial charge in [0.25, 0.3) is 0 Å². The van der Waals surface area contributed by atoms with Crippen LogP contribution in [0, 0.1) is 6.92 Å². The Labute approximate surface area is 168 Å². The lowest BCUT2D eigenvalue weighted by atomic mass is 9.86. The lowest BCUT2D eigenvalue weighted by Gasteiger charge is -2.27. The number of fused-ring (bicyclic) bond motifs is 1. The monoisotopic (exact) mass is 379 g/mol. The zero-order valence-corrected chi connectivity index (χ0v) is 17.6. The number of aromatic nitrogens is 3. The fourth-order valence-corrected chi connectivity index (χ4v) is 3.46. The van der Waals surface area contributed by atoms with Gasteiger partial charge in [-0.1, -0.05) is 26.8 Å². The molecule has 0 aliphatic carbocycles. The Balaban J connectivity index is 0.00000280. The first-order chi connectivity index (χ1) is 13.0. The van der Waals surface area contributed by atoms with E-state index in [1.807, 2.05) is 24.7 Å². The van der Waals surface area contributed by atoms with Gasteiger partial charge in [0.1, 0.15) is 5.82 Å². The van der Waals surface area contributed by atoms with Crippen molar-refractivity contribution >= 4 is 10.9 Å². The molecule has 28 heavy (non-hydrogen) atoms. The molecule has 5 N–H and O–H groups in total. The zero-order valence-electron chi connectivity index (χ0n) is 17.6. The number of hydrogen-bond acceptors (Lipinski definition) is 5. The van der Waals surface area contributed by atoms with E-state index in [2.05, 4.69) is 55.9 Å². The average molecular weight is 380 g/mol. The largest absolute Gasteiger partial charge is 0.344 e. The van der Waals surface area contributed by atoms with Crippen molar-refractivity contribution in [2.75, 3.05) is 0 Å². The maximum Gasteiger partial charge on any atom is 0.131 e. The van der Waals surface area contributed by atoms with Crippen LogP contribution in [0.2, 0.25) is 0 Å². The summed E-state index contributed by atoms with van der Waals surface area (Å²) in [5.74, 6) is 1.21. The van der Waals surface area contributed by atoms with Crippen LogP contribution in [-0.2, 0) is 0 Å². The van der Waals surface area contributed by atoms with Gasteiger partial charge in [-0.05, 0) is 61.9 Å². The van der Waals surface area contributed by atoms with Crippen molar-refractivity contribution in [1.29, 1.82) is 0 Å². The van der Waals surface area contributed by atoms with E-state index in [1.54, 1.807) is 0 Å². The Morgan fingerprint density at radius 3 is 2.54 bits per heavy atom. The van der Waals surface area contributed by atoms with Crippen LogP contribution in [0.5, 0.6) is 0 Å². The van der Waals surface area contributed by atoms with Crippen LogP contribution < -0.4 is 11.9 Å². The lowest BCUT2D eigenvalue weighted by Crippen LogP contribution is -2.38. The molecule has 1 atom stereocenters. The molecule has 0 bridgehead atoms. The number of nitrogens with two attached hydrogens (primary N) is 1. The third-order valence-electron chi connectivity index (χ3n) is 5.87. The topological polar surface area (TPSA) is 99.7 Å². The quantitative estimate of drug-likeness (QED) is 0.559. The molecule has 0 saturated heterocycles. The van der Waals surface area contributed by atoms with Crippen molar-refractivity contribution in [2.45, 2.75) is 64.8 Å². The Hall–Kier alpha value is -2.37.